The summed E-state index contributed by atoms with van der Waals surface area (Å²) in [6.45, 7) is 9.32. The van der Waals surface area contributed by atoms with Crippen molar-refractivity contribution >= 4 is 17.2 Å². The predicted octanol–water partition coefficient (Wildman–Crippen LogP) is 1.91. The van der Waals surface area contributed by atoms with Gasteiger partial charge in [-0.25, -0.2) is 0 Å². The molecule has 0 saturated carbocycles. The Balaban J connectivity index is 1.54. The first-order valence-corrected chi connectivity index (χ1v) is 9.18. The molecule has 2 aliphatic heterocycles. The number of piperidine rings is 2. The molecule has 1 amide bonds. The molecule has 4 heteroatoms. The fourth-order valence-electron chi connectivity index (χ4n) is 4.21. The van der Waals surface area contributed by atoms with Gasteiger partial charge in [0.05, 0.1) is 24.0 Å². The molecule has 0 radical (unpaired) electrons. The zero-order chi connectivity index (χ0) is 14.8. The summed E-state index contributed by atoms with van der Waals surface area (Å²) in [6, 6.07) is 4.67. The molecule has 1 aromatic heterocycles. The molecule has 3 rings (SSSR count). The third-order valence-corrected chi connectivity index (χ3v) is 5.98. The molecule has 3 nitrogen and oxygen atoms in total. The van der Waals surface area contributed by atoms with Crippen molar-refractivity contribution in [3.8, 4) is 0 Å². The van der Waals surface area contributed by atoms with E-state index in [0.717, 1.165) is 35.8 Å². The maximum absolute atomic E-state index is 12.4. The number of hydrogen-bond acceptors (Lipinski definition) is 2. The molecule has 2 fully saturated rings. The number of likely N-dealkylation sites (tertiary alicyclic amines) is 2. The van der Waals surface area contributed by atoms with Crippen molar-refractivity contribution in [2.24, 2.45) is 11.8 Å². The Morgan fingerprint density at radius 1 is 1.24 bits per heavy atom. The second-order valence-electron chi connectivity index (χ2n) is 7.06. The SMILES string of the molecule is C[C@H]1C[C@H](C)C[NH+](C2CCN(C(=O)c3cccs3)CC2)C1. The third-order valence-electron chi connectivity index (χ3n) is 5.12. The summed E-state index contributed by atoms with van der Waals surface area (Å²) >= 11 is 1.56. The Labute approximate surface area is 131 Å². The number of amides is 1. The molecule has 3 heterocycles. The van der Waals surface area contributed by atoms with Gasteiger partial charge in [0.2, 0.25) is 0 Å². The summed E-state index contributed by atoms with van der Waals surface area (Å²) in [5.74, 6) is 1.95. The van der Waals surface area contributed by atoms with Crippen LogP contribution in [0.4, 0.5) is 0 Å². The molecule has 0 aliphatic carbocycles. The minimum Gasteiger partial charge on any atom is -0.337 e. The molecule has 2 atom stereocenters. The van der Waals surface area contributed by atoms with Gasteiger partial charge in [-0.05, 0) is 17.9 Å². The van der Waals surface area contributed by atoms with Gasteiger partial charge in [0.1, 0.15) is 0 Å². The van der Waals surface area contributed by atoms with Crippen LogP contribution in [0.2, 0.25) is 0 Å². The van der Waals surface area contributed by atoms with Crippen LogP contribution >= 0.6 is 11.3 Å². The average Bonchev–Trinajstić information content (AvgIpc) is 3.00. The zero-order valence-electron chi connectivity index (χ0n) is 13.2. The minimum absolute atomic E-state index is 0.235. The first kappa shape index (κ1) is 15.0. The van der Waals surface area contributed by atoms with Crippen LogP contribution in [0.5, 0.6) is 0 Å². The quantitative estimate of drug-likeness (QED) is 0.887. The van der Waals surface area contributed by atoms with Crippen molar-refractivity contribution in [1.29, 1.82) is 0 Å². The van der Waals surface area contributed by atoms with Gasteiger partial charge in [-0.1, -0.05) is 19.9 Å². The van der Waals surface area contributed by atoms with Crippen LogP contribution in [0.25, 0.3) is 0 Å². The highest BCUT2D eigenvalue weighted by atomic mass is 32.1. The van der Waals surface area contributed by atoms with Gasteiger partial charge in [-0.2, -0.15) is 0 Å². The van der Waals surface area contributed by atoms with E-state index in [1.54, 1.807) is 16.2 Å². The van der Waals surface area contributed by atoms with Crippen LogP contribution in [0.1, 0.15) is 42.8 Å². The molecular formula is C17H27N2OS+. The monoisotopic (exact) mass is 307 g/mol. The van der Waals surface area contributed by atoms with Gasteiger partial charge in [0.15, 0.2) is 0 Å². The van der Waals surface area contributed by atoms with Crippen LogP contribution in [0.15, 0.2) is 17.5 Å². The van der Waals surface area contributed by atoms with Gasteiger partial charge in [-0.15, -0.1) is 11.3 Å². The fraction of sp³-hybridized carbons (Fsp3) is 0.706. The van der Waals surface area contributed by atoms with Crippen LogP contribution in [0.3, 0.4) is 0 Å². The predicted molar refractivity (Wildman–Crippen MR) is 86.9 cm³/mol. The molecule has 2 saturated heterocycles. The van der Waals surface area contributed by atoms with Crippen molar-refractivity contribution in [2.45, 2.75) is 39.2 Å². The highest BCUT2D eigenvalue weighted by Crippen LogP contribution is 2.18. The Morgan fingerprint density at radius 3 is 2.48 bits per heavy atom. The van der Waals surface area contributed by atoms with Crippen molar-refractivity contribution in [2.75, 3.05) is 26.2 Å². The molecule has 1 N–H and O–H groups in total. The largest absolute Gasteiger partial charge is 0.337 e. The first-order valence-electron chi connectivity index (χ1n) is 8.31. The lowest BCUT2D eigenvalue weighted by Gasteiger charge is -2.40. The van der Waals surface area contributed by atoms with Gasteiger partial charge in [0.25, 0.3) is 5.91 Å². The Bertz CT molecular complexity index is 455. The molecule has 2 aliphatic rings. The van der Waals surface area contributed by atoms with Crippen molar-refractivity contribution < 1.29 is 9.69 Å². The summed E-state index contributed by atoms with van der Waals surface area (Å²) in [5.41, 5.74) is 0. The number of quaternary nitrogens is 1. The average molecular weight is 307 g/mol. The smallest absolute Gasteiger partial charge is 0.263 e. The summed E-state index contributed by atoms with van der Waals surface area (Å²) in [6.07, 6.45) is 3.73. The molecule has 116 valence electrons. The Hall–Kier alpha value is -0.870. The number of hydrogen-bond donors (Lipinski definition) is 1. The summed E-state index contributed by atoms with van der Waals surface area (Å²) < 4.78 is 0. The normalized spacial score (nSPS) is 31.3. The second kappa shape index (κ2) is 6.49. The number of carbonyl (C=O) groups excluding carboxylic acids is 1. The minimum atomic E-state index is 0.235. The molecule has 21 heavy (non-hydrogen) atoms. The Morgan fingerprint density at radius 2 is 1.90 bits per heavy atom. The summed E-state index contributed by atoms with van der Waals surface area (Å²) in [5, 5.41) is 1.99. The van der Waals surface area contributed by atoms with Crippen LogP contribution in [-0.4, -0.2) is 43.0 Å². The topological polar surface area (TPSA) is 24.8 Å². The molecule has 0 spiro atoms. The fourth-order valence-corrected chi connectivity index (χ4v) is 4.90. The lowest BCUT2D eigenvalue weighted by molar-refractivity contribution is -0.938. The number of carbonyl (C=O) groups is 1. The van der Waals surface area contributed by atoms with Gasteiger partial charge in [0, 0.05) is 37.8 Å². The standard InChI is InChI=1S/C17H26N2OS/c1-13-10-14(2)12-19(11-13)15-5-7-18(8-6-15)17(20)16-4-3-9-21-16/h3-4,9,13-15H,5-8,10-12H2,1-2H3/p+1/t13-,14-/m0/s1. The van der Waals surface area contributed by atoms with Crippen LogP contribution < -0.4 is 4.90 Å². The molecular weight excluding hydrogens is 280 g/mol. The van der Waals surface area contributed by atoms with E-state index >= 15 is 0 Å². The number of thiophene rings is 1. The highest BCUT2D eigenvalue weighted by molar-refractivity contribution is 7.12. The maximum atomic E-state index is 12.4. The van der Waals surface area contributed by atoms with E-state index in [1.165, 1.54) is 32.4 Å². The number of nitrogens with zero attached hydrogens (tertiary/aromatic N) is 1. The molecule has 1 aromatic rings. The highest BCUT2D eigenvalue weighted by Gasteiger charge is 2.34. The lowest BCUT2D eigenvalue weighted by Crippen LogP contribution is -3.18. The first-order chi connectivity index (χ1) is 10.1. The van der Waals surface area contributed by atoms with E-state index in [4.69, 9.17) is 0 Å². The van der Waals surface area contributed by atoms with Gasteiger partial charge in [-0.3, -0.25) is 4.79 Å². The van der Waals surface area contributed by atoms with Crippen LogP contribution in [-0.2, 0) is 0 Å². The maximum Gasteiger partial charge on any atom is 0.263 e. The second-order valence-corrected chi connectivity index (χ2v) is 8.00. The van der Waals surface area contributed by atoms with E-state index in [-0.39, 0.29) is 5.91 Å². The van der Waals surface area contributed by atoms with Crippen molar-refractivity contribution in [3.63, 3.8) is 0 Å². The van der Waals surface area contributed by atoms with E-state index in [2.05, 4.69) is 18.7 Å². The number of nitrogens with one attached hydrogen (secondary N) is 1. The summed E-state index contributed by atoms with van der Waals surface area (Å²) in [7, 11) is 0. The number of rotatable bonds is 2. The molecule has 0 unspecified atom stereocenters. The lowest BCUT2D eigenvalue weighted by atomic mass is 9.89. The van der Waals surface area contributed by atoms with Gasteiger partial charge >= 0.3 is 0 Å². The van der Waals surface area contributed by atoms with E-state index in [0.29, 0.717) is 0 Å². The van der Waals surface area contributed by atoms with Gasteiger partial charge < -0.3 is 9.80 Å². The van der Waals surface area contributed by atoms with Crippen LogP contribution in [0, 0.1) is 11.8 Å². The van der Waals surface area contributed by atoms with E-state index < -0.39 is 0 Å². The van der Waals surface area contributed by atoms with Crippen molar-refractivity contribution in [1.82, 2.24) is 4.90 Å². The molecule has 0 aromatic carbocycles. The van der Waals surface area contributed by atoms with E-state index in [1.807, 2.05) is 17.5 Å². The Kier molecular flexibility index (Phi) is 4.65. The zero-order valence-corrected chi connectivity index (χ0v) is 14.0. The molecule has 0 bridgehead atoms. The van der Waals surface area contributed by atoms with Crippen molar-refractivity contribution in [3.05, 3.63) is 22.4 Å². The third kappa shape index (κ3) is 3.49. The summed E-state index contributed by atoms with van der Waals surface area (Å²) in [4.78, 5) is 17.1. The van der Waals surface area contributed by atoms with E-state index in [9.17, 15) is 4.79 Å².